The molecular weight excluding hydrogens is 478 g/mol. The van der Waals surface area contributed by atoms with Gasteiger partial charge in [-0.1, -0.05) is 0 Å². The van der Waals surface area contributed by atoms with Crippen molar-refractivity contribution >= 4 is 48.2 Å². The monoisotopic (exact) mass is 504 g/mol. The molecule has 0 saturated heterocycles. The second-order valence-electron chi connectivity index (χ2n) is 6.82. The van der Waals surface area contributed by atoms with Gasteiger partial charge in [-0.3, -0.25) is 0 Å². The van der Waals surface area contributed by atoms with Gasteiger partial charge in [0, 0.05) is 0 Å². The Morgan fingerprint density at radius 1 is 0.786 bits per heavy atom. The van der Waals surface area contributed by atoms with Crippen LogP contribution in [0.4, 0.5) is 0 Å². The molecule has 4 heteroatoms. The summed E-state index contributed by atoms with van der Waals surface area (Å²) in [5.41, 5.74) is 0. The summed E-state index contributed by atoms with van der Waals surface area (Å²) < 4.78 is 2.42. The molecule has 3 aromatic carbocycles. The first kappa shape index (κ1) is 21.0. The number of hydrogen-bond donors (Lipinski definition) is 0. The van der Waals surface area contributed by atoms with E-state index in [1.807, 2.05) is 6.92 Å². The fourth-order valence-electron chi connectivity index (χ4n) is 3.80. The molecule has 0 fully saturated rings. The molecule has 0 aromatic heterocycles. The Morgan fingerprint density at radius 3 is 1.54 bits per heavy atom. The molecule has 0 aliphatic carbocycles. The molecule has 28 heavy (non-hydrogen) atoms. The third-order valence-electron chi connectivity index (χ3n) is 5.15. The molecule has 0 N–H and O–H groups in total. The Morgan fingerprint density at radius 2 is 1.18 bits per heavy atom. The van der Waals surface area contributed by atoms with E-state index < -0.39 is 4.25 Å². The first-order chi connectivity index (χ1) is 13.6. The zero-order valence-corrected chi connectivity index (χ0v) is 19.2. The van der Waals surface area contributed by atoms with Crippen molar-refractivity contribution in [2.75, 3.05) is 12.8 Å². The van der Waals surface area contributed by atoms with Gasteiger partial charge in [0.2, 0.25) is 0 Å². The number of hydrogen-bond acceptors (Lipinski definition) is 2. The Balaban J connectivity index is 2.17. The molecule has 0 bridgehead atoms. The van der Waals surface area contributed by atoms with Crippen LogP contribution in [0.5, 0.6) is 0 Å². The van der Waals surface area contributed by atoms with Crippen molar-refractivity contribution in [2.45, 2.75) is 19.8 Å². The van der Waals surface area contributed by atoms with Crippen molar-refractivity contribution in [2.24, 2.45) is 0 Å². The Kier molecular flexibility index (Phi) is 6.90. The third kappa shape index (κ3) is 4.01. The van der Waals surface area contributed by atoms with E-state index in [0.29, 0.717) is 13.0 Å². The molecule has 2 nitrogen and oxygen atoms in total. The van der Waals surface area contributed by atoms with Gasteiger partial charge >= 0.3 is 181 Å². The summed E-state index contributed by atoms with van der Waals surface area (Å²) in [6, 6.07) is 32.4. The average molecular weight is 504 g/mol. The summed E-state index contributed by atoms with van der Waals surface area (Å²) in [6.45, 7) is 2.29. The van der Waals surface area contributed by atoms with E-state index in [9.17, 15) is 4.79 Å². The number of ether oxygens (including phenoxy) is 1. The summed E-state index contributed by atoms with van der Waals surface area (Å²) in [5.74, 6) is -0.113. The molecule has 0 atom stereocenters. The Labute approximate surface area is 180 Å². The zero-order valence-electron chi connectivity index (χ0n) is 16.1. The van der Waals surface area contributed by atoms with Gasteiger partial charge in [-0.25, -0.2) is 0 Å². The second-order valence-corrected chi connectivity index (χ2v) is 17.6. The first-order valence-electron chi connectivity index (χ1n) is 9.65. The molecule has 0 heterocycles. The van der Waals surface area contributed by atoms with Gasteiger partial charge in [0.15, 0.2) is 0 Å². The summed E-state index contributed by atoms with van der Waals surface area (Å²) in [4.78, 5) is 12.0. The van der Waals surface area contributed by atoms with Gasteiger partial charge in [-0.2, -0.15) is 0 Å². The average Bonchev–Trinajstić information content (AvgIpc) is 2.76. The third-order valence-corrected chi connectivity index (χ3v) is 16.9. The first-order valence-corrected chi connectivity index (χ1v) is 14.9. The summed E-state index contributed by atoms with van der Waals surface area (Å²) in [7, 11) is 0. The van der Waals surface area contributed by atoms with Crippen LogP contribution in [0.3, 0.4) is 0 Å². The number of esters is 1. The van der Waals surface area contributed by atoms with Crippen molar-refractivity contribution in [3.63, 3.8) is 0 Å². The molecule has 146 valence electrons. The zero-order chi connectivity index (χ0) is 19.9. The predicted octanol–water partition coefficient (Wildman–Crippen LogP) is 5.21. The van der Waals surface area contributed by atoms with Crippen molar-refractivity contribution in [1.29, 1.82) is 0 Å². The number of halogens is 1. The quantitative estimate of drug-likeness (QED) is 0.239. The van der Waals surface area contributed by atoms with Gasteiger partial charge in [-0.15, -0.1) is 0 Å². The van der Waals surface area contributed by atoms with E-state index in [1.165, 1.54) is 15.9 Å². The van der Waals surface area contributed by atoms with Crippen molar-refractivity contribution in [1.82, 2.24) is 0 Å². The van der Waals surface area contributed by atoms with E-state index in [0.717, 1.165) is 12.6 Å². The summed E-state index contributed by atoms with van der Waals surface area (Å²) >= 11 is 2.75. The van der Waals surface area contributed by atoms with Gasteiger partial charge < -0.3 is 0 Å². The summed E-state index contributed by atoms with van der Waals surface area (Å²) in [5, 5.41) is 4.03. The summed E-state index contributed by atoms with van der Waals surface area (Å²) in [6.07, 6.45) is 2.16. The Hall–Kier alpha value is -1.71. The SMILES string of the molecule is CCOC(=O)CCCP(I)(c1ccccc1)(c1ccccc1)c1ccccc1. The fourth-order valence-corrected chi connectivity index (χ4v) is 12.5. The molecule has 0 aliphatic rings. The van der Waals surface area contributed by atoms with Crippen LogP contribution in [0.15, 0.2) is 91.0 Å². The van der Waals surface area contributed by atoms with Crippen molar-refractivity contribution in [3.05, 3.63) is 91.0 Å². The number of carbonyl (C=O) groups is 1. The fraction of sp³-hybridized carbons (Fsp3) is 0.208. The normalized spacial score (nSPS) is 12.7. The van der Waals surface area contributed by atoms with Crippen molar-refractivity contribution in [3.8, 4) is 0 Å². The topological polar surface area (TPSA) is 26.3 Å². The van der Waals surface area contributed by atoms with Gasteiger partial charge in [0.25, 0.3) is 0 Å². The molecule has 3 rings (SSSR count). The van der Waals surface area contributed by atoms with E-state index in [4.69, 9.17) is 4.74 Å². The van der Waals surface area contributed by atoms with Gasteiger partial charge in [0.05, 0.1) is 0 Å². The van der Waals surface area contributed by atoms with E-state index >= 15 is 0 Å². The molecule has 3 aromatic rings. The van der Waals surface area contributed by atoms with E-state index in [1.54, 1.807) is 0 Å². The number of rotatable bonds is 8. The van der Waals surface area contributed by atoms with Crippen LogP contribution in [-0.4, -0.2) is 18.7 Å². The van der Waals surface area contributed by atoms with Crippen LogP contribution in [0.2, 0.25) is 0 Å². The van der Waals surface area contributed by atoms with E-state index in [2.05, 4.69) is 113 Å². The predicted molar refractivity (Wildman–Crippen MR) is 130 cm³/mol. The van der Waals surface area contributed by atoms with Crippen LogP contribution < -0.4 is 15.9 Å². The van der Waals surface area contributed by atoms with Crippen LogP contribution in [0.25, 0.3) is 0 Å². The van der Waals surface area contributed by atoms with E-state index in [-0.39, 0.29) is 5.97 Å². The van der Waals surface area contributed by atoms with Crippen LogP contribution in [0.1, 0.15) is 19.8 Å². The minimum absolute atomic E-state index is 0.113. The van der Waals surface area contributed by atoms with Gasteiger partial charge in [0.1, 0.15) is 0 Å². The van der Waals surface area contributed by atoms with Crippen molar-refractivity contribution < 1.29 is 9.53 Å². The van der Waals surface area contributed by atoms with Crippen LogP contribution in [0, 0.1) is 0 Å². The second kappa shape index (κ2) is 9.19. The molecule has 0 aliphatic heterocycles. The molecule has 0 amide bonds. The molecule has 0 unspecified atom stereocenters. The number of carbonyl (C=O) groups excluding carboxylic acids is 1. The Bertz CT molecular complexity index is 798. The van der Waals surface area contributed by atoms with Crippen LogP contribution >= 0.6 is 26.3 Å². The minimum atomic E-state index is -2.76. The maximum atomic E-state index is 12.0. The van der Waals surface area contributed by atoms with Gasteiger partial charge in [-0.05, 0) is 0 Å². The standard InChI is InChI=1S/C24H26IO2P/c1-2-27-24(26)19-12-20-28(25,21-13-6-3-7-14-21,22-15-8-4-9-16-22)23-17-10-5-11-18-23/h3-11,13-18H,2,12,19-20H2,1H3. The molecule has 0 spiro atoms. The molecule has 0 saturated carbocycles. The number of benzene rings is 3. The maximum absolute atomic E-state index is 12.0. The molecule has 0 radical (unpaired) electrons. The van der Waals surface area contributed by atoms with Crippen LogP contribution in [-0.2, 0) is 9.53 Å². The molecular formula is C24H26IO2P.